The molecule has 8 nitrogen and oxygen atoms in total. The summed E-state index contributed by atoms with van der Waals surface area (Å²) in [5, 5.41) is 11.4. The maximum Gasteiger partial charge on any atom is 0.177 e. The van der Waals surface area contributed by atoms with Gasteiger partial charge in [0.2, 0.25) is 0 Å². The molecule has 2 N–H and O–H groups in total. The summed E-state index contributed by atoms with van der Waals surface area (Å²) < 4.78 is 15.3. The van der Waals surface area contributed by atoms with Gasteiger partial charge < -0.3 is 4.98 Å². The number of aromatic amines is 2. The van der Waals surface area contributed by atoms with Crippen LogP contribution >= 0.6 is 11.3 Å². The normalized spacial score (nSPS) is 11.7. The minimum atomic E-state index is -0.259. The van der Waals surface area contributed by atoms with Gasteiger partial charge >= 0.3 is 0 Å². The van der Waals surface area contributed by atoms with Crippen molar-refractivity contribution in [2.24, 2.45) is 7.05 Å². The Morgan fingerprint density at radius 3 is 2.70 bits per heavy atom. The summed E-state index contributed by atoms with van der Waals surface area (Å²) in [6.45, 7) is 0. The Hall–Kier alpha value is -3.92. The van der Waals surface area contributed by atoms with Crippen LogP contribution in [-0.2, 0) is 7.05 Å². The highest BCUT2D eigenvalue weighted by atomic mass is 32.1. The van der Waals surface area contributed by atoms with Crippen molar-refractivity contribution in [1.29, 1.82) is 0 Å². The first kappa shape index (κ1) is 17.0. The summed E-state index contributed by atoms with van der Waals surface area (Å²) >= 11 is 1.04. The lowest BCUT2D eigenvalue weighted by Crippen LogP contribution is -1.87. The summed E-state index contributed by atoms with van der Waals surface area (Å²) in [5.74, 6) is 0.568. The van der Waals surface area contributed by atoms with Gasteiger partial charge in [-0.25, -0.2) is 9.97 Å². The van der Waals surface area contributed by atoms with E-state index in [1.807, 2.05) is 31.4 Å². The fourth-order valence-electron chi connectivity index (χ4n) is 3.45. The van der Waals surface area contributed by atoms with Gasteiger partial charge in [0.25, 0.3) is 0 Å². The molecule has 0 atom stereocenters. The van der Waals surface area contributed by atoms with Crippen molar-refractivity contribution < 1.29 is 4.39 Å². The second-order valence-electron chi connectivity index (χ2n) is 6.81. The van der Waals surface area contributed by atoms with Crippen LogP contribution in [0.15, 0.2) is 48.9 Å². The fourth-order valence-corrected chi connectivity index (χ4v) is 4.18. The Morgan fingerprint density at radius 1 is 1.00 bits per heavy atom. The lowest BCUT2D eigenvalue weighted by molar-refractivity contribution is 0.657. The molecule has 0 fully saturated rings. The van der Waals surface area contributed by atoms with Gasteiger partial charge in [-0.15, -0.1) is 11.3 Å². The quantitative estimate of drug-likeness (QED) is 0.451. The Kier molecular flexibility index (Phi) is 3.56. The molecule has 6 aromatic rings. The average Bonchev–Trinajstić information content (AvgIpc) is 3.52. The van der Waals surface area contributed by atoms with Gasteiger partial charge in [-0.3, -0.25) is 14.8 Å². The van der Waals surface area contributed by atoms with Gasteiger partial charge in [0.05, 0.1) is 27.8 Å². The number of aromatic nitrogens is 8. The van der Waals surface area contributed by atoms with Crippen LogP contribution in [0, 0.1) is 5.13 Å². The predicted molar refractivity (Wildman–Crippen MR) is 112 cm³/mol. The van der Waals surface area contributed by atoms with E-state index in [2.05, 4.69) is 25.3 Å². The van der Waals surface area contributed by atoms with Crippen molar-refractivity contribution in [2.45, 2.75) is 0 Å². The molecular formula is C20H13FN8S. The van der Waals surface area contributed by atoms with Crippen molar-refractivity contribution >= 4 is 33.4 Å². The molecule has 10 heteroatoms. The molecule has 0 bridgehead atoms. The molecule has 0 unspecified atom stereocenters. The summed E-state index contributed by atoms with van der Waals surface area (Å²) in [7, 11) is 1.87. The third-order valence-corrected chi connectivity index (χ3v) is 5.72. The molecule has 0 aliphatic heterocycles. The molecule has 0 saturated heterocycles. The molecular weight excluding hydrogens is 403 g/mol. The van der Waals surface area contributed by atoms with Crippen LogP contribution in [0.5, 0.6) is 0 Å². The minimum absolute atomic E-state index is 0.259. The Balaban J connectivity index is 1.52. The standard InChI is InChI=1S/C20H13FN8S/c1-29-9-10(8-23-29)11-2-3-13-17(24-11)19(28-27-13)20-25-12-6-7-22-18(16(12)26-20)14-4-5-15(21)30-14/h2-9H,1H3,(H,25,26)(H,27,28). The molecule has 0 radical (unpaired) electrons. The largest absolute Gasteiger partial charge is 0.336 e. The number of hydrogen-bond acceptors (Lipinski definition) is 6. The first-order valence-corrected chi connectivity index (χ1v) is 9.92. The van der Waals surface area contributed by atoms with E-state index in [4.69, 9.17) is 9.97 Å². The molecule has 0 aromatic carbocycles. The molecule has 146 valence electrons. The molecule has 6 heterocycles. The zero-order valence-electron chi connectivity index (χ0n) is 15.6. The Bertz CT molecular complexity index is 1540. The fraction of sp³-hybridized carbons (Fsp3) is 0.0500. The maximum absolute atomic E-state index is 13.5. The SMILES string of the molecule is Cn1cc(-c2ccc3[nH]nc(-c4nc5c(-c6ccc(F)s6)nccc5[nH]4)c3n2)cn1. The topological polar surface area (TPSA) is 101 Å². The summed E-state index contributed by atoms with van der Waals surface area (Å²) in [6.07, 6.45) is 5.36. The number of pyridine rings is 2. The van der Waals surface area contributed by atoms with Gasteiger partial charge in [-0.2, -0.15) is 14.6 Å². The highest BCUT2D eigenvalue weighted by Gasteiger charge is 2.18. The number of fused-ring (bicyclic) bond motifs is 2. The van der Waals surface area contributed by atoms with E-state index in [-0.39, 0.29) is 5.13 Å². The molecule has 0 saturated carbocycles. The number of imidazole rings is 1. The molecule has 6 aromatic heterocycles. The van der Waals surface area contributed by atoms with Crippen molar-refractivity contribution in [3.8, 4) is 33.3 Å². The first-order chi connectivity index (χ1) is 14.7. The molecule has 0 aliphatic carbocycles. The molecule has 6 rings (SSSR count). The zero-order chi connectivity index (χ0) is 20.2. The number of aryl methyl sites for hydroxylation is 1. The first-order valence-electron chi connectivity index (χ1n) is 9.11. The number of hydrogen-bond donors (Lipinski definition) is 2. The van der Waals surface area contributed by atoms with E-state index in [0.717, 1.165) is 38.5 Å². The van der Waals surface area contributed by atoms with E-state index >= 15 is 0 Å². The van der Waals surface area contributed by atoms with Gasteiger partial charge in [0.15, 0.2) is 16.6 Å². The second kappa shape index (κ2) is 6.29. The maximum atomic E-state index is 13.5. The Morgan fingerprint density at radius 2 is 1.90 bits per heavy atom. The van der Waals surface area contributed by atoms with Gasteiger partial charge in [0, 0.05) is 25.0 Å². The van der Waals surface area contributed by atoms with Gasteiger partial charge in [-0.05, 0) is 30.3 Å². The van der Waals surface area contributed by atoms with Crippen LogP contribution in [-0.4, -0.2) is 39.9 Å². The van der Waals surface area contributed by atoms with E-state index in [9.17, 15) is 4.39 Å². The highest BCUT2D eigenvalue weighted by molar-refractivity contribution is 7.13. The van der Waals surface area contributed by atoms with Crippen molar-refractivity contribution in [3.63, 3.8) is 0 Å². The Labute approximate surface area is 172 Å². The number of halogens is 1. The number of H-pyrrole nitrogens is 2. The van der Waals surface area contributed by atoms with E-state index < -0.39 is 0 Å². The van der Waals surface area contributed by atoms with Crippen molar-refractivity contribution in [3.05, 3.63) is 54.1 Å². The smallest absolute Gasteiger partial charge is 0.177 e. The number of rotatable bonds is 3. The van der Waals surface area contributed by atoms with E-state index in [1.54, 1.807) is 23.1 Å². The minimum Gasteiger partial charge on any atom is -0.336 e. The monoisotopic (exact) mass is 416 g/mol. The molecule has 30 heavy (non-hydrogen) atoms. The predicted octanol–water partition coefficient (Wildman–Crippen LogP) is 4.16. The van der Waals surface area contributed by atoms with Gasteiger partial charge in [-0.1, -0.05) is 0 Å². The summed E-state index contributed by atoms with van der Waals surface area (Å²) in [4.78, 5) is 17.9. The lowest BCUT2D eigenvalue weighted by atomic mass is 10.2. The summed E-state index contributed by atoms with van der Waals surface area (Å²) in [5.41, 5.74) is 5.91. The lowest BCUT2D eigenvalue weighted by Gasteiger charge is -1.97. The molecule has 0 spiro atoms. The third kappa shape index (κ3) is 2.61. The van der Waals surface area contributed by atoms with Crippen LogP contribution in [0.25, 0.3) is 55.4 Å². The van der Waals surface area contributed by atoms with Crippen LogP contribution in [0.2, 0.25) is 0 Å². The number of nitrogens with zero attached hydrogens (tertiary/aromatic N) is 6. The zero-order valence-corrected chi connectivity index (χ0v) is 16.4. The number of nitrogens with one attached hydrogen (secondary N) is 2. The van der Waals surface area contributed by atoms with Gasteiger partial charge in [0.1, 0.15) is 16.7 Å². The molecule has 0 amide bonds. The van der Waals surface area contributed by atoms with E-state index in [1.165, 1.54) is 6.07 Å². The van der Waals surface area contributed by atoms with Crippen molar-refractivity contribution in [1.82, 2.24) is 39.9 Å². The third-order valence-electron chi connectivity index (χ3n) is 4.84. The highest BCUT2D eigenvalue weighted by Crippen LogP contribution is 2.33. The summed E-state index contributed by atoms with van der Waals surface area (Å²) in [6, 6.07) is 8.84. The van der Waals surface area contributed by atoms with Crippen LogP contribution < -0.4 is 0 Å². The second-order valence-corrected chi connectivity index (χ2v) is 7.85. The average molecular weight is 416 g/mol. The van der Waals surface area contributed by atoms with Crippen molar-refractivity contribution in [2.75, 3.05) is 0 Å². The van der Waals surface area contributed by atoms with Crippen LogP contribution in [0.1, 0.15) is 0 Å². The van der Waals surface area contributed by atoms with Crippen LogP contribution in [0.3, 0.4) is 0 Å². The number of thiophene rings is 1. The molecule has 0 aliphatic rings. The van der Waals surface area contributed by atoms with Crippen LogP contribution in [0.4, 0.5) is 4.39 Å². The van der Waals surface area contributed by atoms with E-state index in [0.29, 0.717) is 28.2 Å².